The van der Waals surface area contributed by atoms with Gasteiger partial charge in [0.2, 0.25) is 0 Å². The van der Waals surface area contributed by atoms with Crippen molar-refractivity contribution in [2.75, 3.05) is 5.32 Å². The van der Waals surface area contributed by atoms with Gasteiger partial charge in [0, 0.05) is 17.6 Å². The maximum atomic E-state index is 13.1. The Balaban J connectivity index is 1.51. The van der Waals surface area contributed by atoms with Crippen molar-refractivity contribution < 1.29 is 19.2 Å². The molecule has 0 atom stereocenters. The van der Waals surface area contributed by atoms with Gasteiger partial charge < -0.3 is 19.7 Å². The lowest BCUT2D eigenvalue weighted by Gasteiger charge is -2.32. The summed E-state index contributed by atoms with van der Waals surface area (Å²) in [5.41, 5.74) is 1.16. The summed E-state index contributed by atoms with van der Waals surface area (Å²) in [4.78, 5) is 13.1. The molecule has 2 N–H and O–H groups in total. The first-order valence-corrected chi connectivity index (χ1v) is 11.3. The van der Waals surface area contributed by atoms with E-state index < -0.39 is 23.9 Å². The average molecular weight is 449 g/mol. The third-order valence-corrected chi connectivity index (χ3v) is 6.50. The van der Waals surface area contributed by atoms with Gasteiger partial charge in [-0.25, -0.2) is 0 Å². The number of nitrogens with one attached hydrogen (secondary N) is 1. The van der Waals surface area contributed by atoms with Crippen molar-refractivity contribution in [2.45, 2.75) is 71.3 Å². The maximum absolute atomic E-state index is 13.1. The minimum atomic E-state index is -0.811. The summed E-state index contributed by atoms with van der Waals surface area (Å²) in [6.45, 7) is 12.1. The van der Waals surface area contributed by atoms with Crippen molar-refractivity contribution in [1.82, 2.24) is 9.78 Å². The fraction of sp³-hybridized carbons (Fsp3) is 0.440. The number of carbonyl (C=O) groups is 1. The molecule has 1 fully saturated rings. The van der Waals surface area contributed by atoms with Crippen LogP contribution in [0.1, 0.15) is 58.5 Å². The van der Waals surface area contributed by atoms with Crippen LogP contribution in [0.3, 0.4) is 0 Å². The summed E-state index contributed by atoms with van der Waals surface area (Å²) in [7, 11) is -0.449. The van der Waals surface area contributed by atoms with Gasteiger partial charge in [0.1, 0.15) is 0 Å². The van der Waals surface area contributed by atoms with E-state index in [4.69, 9.17) is 9.31 Å². The second-order valence-corrected chi connectivity index (χ2v) is 10.3. The molecule has 3 aromatic rings. The van der Waals surface area contributed by atoms with Crippen LogP contribution in [0.15, 0.2) is 48.5 Å². The third kappa shape index (κ3) is 4.83. The summed E-state index contributed by atoms with van der Waals surface area (Å²) < 4.78 is 14.0. The number of para-hydroxylation sites is 1. The normalized spacial score (nSPS) is 17.5. The molecule has 8 heteroatoms. The van der Waals surface area contributed by atoms with E-state index >= 15 is 0 Å². The Bertz CT molecular complexity index is 1150. The fourth-order valence-electron chi connectivity index (χ4n) is 3.74. The van der Waals surface area contributed by atoms with Gasteiger partial charge in [-0.3, -0.25) is 9.48 Å². The first kappa shape index (κ1) is 23.5. The second-order valence-electron chi connectivity index (χ2n) is 10.3. The van der Waals surface area contributed by atoms with Crippen LogP contribution in [0.4, 0.5) is 5.69 Å². The fourth-order valence-corrected chi connectivity index (χ4v) is 3.74. The van der Waals surface area contributed by atoms with Gasteiger partial charge >= 0.3 is 7.12 Å². The molecule has 1 aliphatic rings. The Hall–Kier alpha value is -2.68. The Morgan fingerprint density at radius 2 is 1.67 bits per heavy atom. The van der Waals surface area contributed by atoms with Gasteiger partial charge in [-0.1, -0.05) is 30.3 Å². The van der Waals surface area contributed by atoms with Crippen LogP contribution < -0.4 is 10.8 Å². The van der Waals surface area contributed by atoms with E-state index in [-0.39, 0.29) is 5.91 Å². The van der Waals surface area contributed by atoms with Crippen molar-refractivity contribution in [3.63, 3.8) is 0 Å². The van der Waals surface area contributed by atoms with Gasteiger partial charge in [0.25, 0.3) is 5.91 Å². The van der Waals surface area contributed by atoms with E-state index in [1.165, 1.54) is 0 Å². The quantitative estimate of drug-likeness (QED) is 0.560. The number of aryl methyl sites for hydroxylation is 1. The van der Waals surface area contributed by atoms with E-state index in [0.29, 0.717) is 24.3 Å². The zero-order chi connectivity index (χ0) is 24.0. The zero-order valence-electron chi connectivity index (χ0n) is 20.2. The summed E-state index contributed by atoms with van der Waals surface area (Å²) in [5.74, 6) is -0.281. The first-order chi connectivity index (χ1) is 15.4. The van der Waals surface area contributed by atoms with E-state index in [2.05, 4.69) is 10.4 Å². The van der Waals surface area contributed by atoms with Crippen molar-refractivity contribution >= 4 is 35.1 Å². The SMILES string of the molecule is CC(C)(O)CCn1nc(C(=O)Nc2ccc(B3OC(C)(C)C(C)(C)O3)cc2)c2ccccc21. The number of fused-ring (bicyclic) bond motifs is 1. The molecule has 0 saturated carbocycles. The number of nitrogens with zero attached hydrogens (tertiary/aromatic N) is 2. The molecule has 4 rings (SSSR count). The maximum Gasteiger partial charge on any atom is 0.494 e. The molecule has 1 amide bonds. The molecule has 7 nitrogen and oxygen atoms in total. The number of hydrogen-bond donors (Lipinski definition) is 2. The third-order valence-electron chi connectivity index (χ3n) is 6.50. The highest BCUT2D eigenvalue weighted by atomic mass is 16.7. The molecule has 1 aliphatic heterocycles. The minimum Gasteiger partial charge on any atom is -0.399 e. The van der Waals surface area contributed by atoms with Crippen molar-refractivity contribution in [2.24, 2.45) is 0 Å². The van der Waals surface area contributed by atoms with Crippen LogP contribution in [-0.4, -0.2) is 44.7 Å². The highest BCUT2D eigenvalue weighted by Gasteiger charge is 2.51. The summed E-state index contributed by atoms with van der Waals surface area (Å²) in [6.07, 6.45) is 0.528. The molecule has 33 heavy (non-hydrogen) atoms. The summed E-state index contributed by atoms with van der Waals surface area (Å²) >= 11 is 0. The number of benzene rings is 2. The Kier molecular flexibility index (Phi) is 5.89. The number of anilines is 1. The smallest absolute Gasteiger partial charge is 0.399 e. The molecule has 0 bridgehead atoms. The molecule has 2 aromatic carbocycles. The average Bonchev–Trinajstić information content (AvgIpc) is 3.20. The molecule has 0 spiro atoms. The number of amides is 1. The predicted octanol–water partition coefficient (Wildman–Crippen LogP) is 3.75. The molecule has 1 aromatic heterocycles. The van der Waals surface area contributed by atoms with Crippen molar-refractivity contribution in [1.29, 1.82) is 0 Å². The number of aromatic nitrogens is 2. The van der Waals surface area contributed by atoms with Crippen LogP contribution in [0.2, 0.25) is 0 Å². The lowest BCUT2D eigenvalue weighted by atomic mass is 9.79. The van der Waals surface area contributed by atoms with Crippen LogP contribution in [0.5, 0.6) is 0 Å². The van der Waals surface area contributed by atoms with E-state index in [9.17, 15) is 9.90 Å². The Morgan fingerprint density at radius 1 is 1.06 bits per heavy atom. The highest BCUT2D eigenvalue weighted by Crippen LogP contribution is 2.36. The molecular weight excluding hydrogens is 417 g/mol. The number of aliphatic hydroxyl groups is 1. The molecule has 0 unspecified atom stereocenters. The molecular formula is C25H32BN3O4. The lowest BCUT2D eigenvalue weighted by molar-refractivity contribution is 0.00578. The Labute approximate surface area is 195 Å². The number of carbonyl (C=O) groups excluding carboxylic acids is 1. The van der Waals surface area contributed by atoms with Crippen LogP contribution in [-0.2, 0) is 15.9 Å². The molecule has 0 aliphatic carbocycles. The molecule has 1 saturated heterocycles. The summed E-state index contributed by atoms with van der Waals surface area (Å²) in [6, 6.07) is 15.1. The molecule has 2 heterocycles. The standard InChI is InChI=1S/C25H32BN3O4/c1-23(2,31)15-16-29-20-10-8-7-9-19(20)21(28-29)22(30)27-18-13-11-17(12-14-18)26-32-24(3,4)25(5,6)33-26/h7-14,31H,15-16H2,1-6H3,(H,27,30). The van der Waals surface area contributed by atoms with Crippen LogP contribution >= 0.6 is 0 Å². The molecule has 174 valence electrons. The largest absolute Gasteiger partial charge is 0.494 e. The topological polar surface area (TPSA) is 85.6 Å². The Morgan fingerprint density at radius 3 is 2.27 bits per heavy atom. The monoisotopic (exact) mass is 449 g/mol. The lowest BCUT2D eigenvalue weighted by Crippen LogP contribution is -2.41. The van der Waals surface area contributed by atoms with E-state index in [1.807, 2.05) is 76.2 Å². The zero-order valence-corrected chi connectivity index (χ0v) is 20.2. The van der Waals surface area contributed by atoms with Gasteiger partial charge in [-0.2, -0.15) is 5.10 Å². The van der Waals surface area contributed by atoms with Gasteiger partial charge in [0.15, 0.2) is 5.69 Å². The molecule has 0 radical (unpaired) electrons. The predicted molar refractivity (Wildman–Crippen MR) is 131 cm³/mol. The van der Waals surface area contributed by atoms with Gasteiger partial charge in [0.05, 0.1) is 22.3 Å². The second kappa shape index (κ2) is 8.27. The first-order valence-electron chi connectivity index (χ1n) is 11.3. The highest BCUT2D eigenvalue weighted by molar-refractivity contribution is 6.62. The van der Waals surface area contributed by atoms with Gasteiger partial charge in [-0.05, 0) is 71.6 Å². The van der Waals surface area contributed by atoms with E-state index in [0.717, 1.165) is 16.4 Å². The van der Waals surface area contributed by atoms with Crippen LogP contribution in [0.25, 0.3) is 10.9 Å². The van der Waals surface area contributed by atoms with E-state index in [1.54, 1.807) is 18.5 Å². The van der Waals surface area contributed by atoms with Crippen LogP contribution in [0, 0.1) is 0 Å². The summed E-state index contributed by atoms with van der Waals surface area (Å²) in [5, 5.41) is 18.4. The number of hydrogen-bond acceptors (Lipinski definition) is 5. The number of rotatable bonds is 6. The van der Waals surface area contributed by atoms with Crippen molar-refractivity contribution in [3.8, 4) is 0 Å². The van der Waals surface area contributed by atoms with Gasteiger partial charge in [-0.15, -0.1) is 0 Å². The minimum absolute atomic E-state index is 0.281. The van der Waals surface area contributed by atoms with Crippen molar-refractivity contribution in [3.05, 3.63) is 54.2 Å².